The molecule has 4 nitrogen and oxygen atoms in total. The lowest BCUT2D eigenvalue weighted by Gasteiger charge is -2.52. The smallest absolute Gasteiger partial charge is 0.410 e. The molecule has 1 aromatic carbocycles. The van der Waals surface area contributed by atoms with Crippen molar-refractivity contribution in [1.29, 1.82) is 0 Å². The van der Waals surface area contributed by atoms with Crippen LogP contribution in [-0.2, 0) is 11.2 Å². The molecule has 1 saturated heterocycles. The second kappa shape index (κ2) is 6.30. The van der Waals surface area contributed by atoms with Crippen LogP contribution >= 0.6 is 0 Å². The number of nitrogens with zero attached hydrogens (tertiary/aromatic N) is 1. The van der Waals surface area contributed by atoms with Crippen molar-refractivity contribution in [2.75, 3.05) is 13.1 Å². The third-order valence-corrected chi connectivity index (χ3v) is 5.38. The predicted octanol–water partition coefficient (Wildman–Crippen LogP) is 4.36. The second-order valence-corrected chi connectivity index (χ2v) is 8.61. The molecule has 1 aromatic rings. The highest BCUT2D eigenvalue weighted by molar-refractivity contribution is 5.68. The summed E-state index contributed by atoms with van der Waals surface area (Å²) in [7, 11) is 0. The Morgan fingerprint density at radius 3 is 2.33 bits per heavy atom. The molecule has 24 heavy (non-hydrogen) atoms. The lowest BCUT2D eigenvalue weighted by Crippen LogP contribution is -2.50. The maximum atomic E-state index is 12.1. The zero-order valence-corrected chi connectivity index (χ0v) is 15.0. The van der Waals surface area contributed by atoms with Crippen molar-refractivity contribution in [3.63, 3.8) is 0 Å². The summed E-state index contributed by atoms with van der Waals surface area (Å²) in [5, 5.41) is 9.36. The summed E-state index contributed by atoms with van der Waals surface area (Å²) in [5.41, 5.74) is 1.33. The highest BCUT2D eigenvalue weighted by Gasteiger charge is 2.46. The highest BCUT2D eigenvalue weighted by Crippen LogP contribution is 2.53. The van der Waals surface area contributed by atoms with Gasteiger partial charge in [0, 0.05) is 13.1 Å². The van der Waals surface area contributed by atoms with Crippen molar-refractivity contribution in [1.82, 2.24) is 4.90 Å². The summed E-state index contributed by atoms with van der Waals surface area (Å²) < 4.78 is 5.47. The predicted molar refractivity (Wildman–Crippen MR) is 94.0 cm³/mol. The minimum Gasteiger partial charge on any atom is -0.508 e. The molecule has 4 heteroatoms. The summed E-state index contributed by atoms with van der Waals surface area (Å²) in [6, 6.07) is 7.57. The van der Waals surface area contributed by atoms with Crippen LogP contribution in [0.1, 0.15) is 52.0 Å². The highest BCUT2D eigenvalue weighted by atomic mass is 16.6. The molecule has 1 spiro atoms. The van der Waals surface area contributed by atoms with E-state index in [4.69, 9.17) is 4.74 Å². The molecular formula is C20H29NO3. The molecule has 0 unspecified atom stereocenters. The zero-order valence-electron chi connectivity index (χ0n) is 15.0. The fourth-order valence-electron chi connectivity index (χ4n) is 4.17. The van der Waals surface area contributed by atoms with E-state index in [1.165, 1.54) is 18.4 Å². The van der Waals surface area contributed by atoms with E-state index < -0.39 is 5.60 Å². The first-order valence-electron chi connectivity index (χ1n) is 9.01. The second-order valence-electron chi connectivity index (χ2n) is 8.61. The van der Waals surface area contributed by atoms with Gasteiger partial charge in [-0.1, -0.05) is 12.1 Å². The van der Waals surface area contributed by atoms with E-state index in [1.807, 2.05) is 37.8 Å². The fourth-order valence-corrected chi connectivity index (χ4v) is 4.17. The number of rotatable bonds is 2. The summed E-state index contributed by atoms with van der Waals surface area (Å²) in [5.74, 6) is 1.07. The van der Waals surface area contributed by atoms with Gasteiger partial charge >= 0.3 is 6.09 Å². The van der Waals surface area contributed by atoms with Gasteiger partial charge in [0.1, 0.15) is 11.4 Å². The van der Waals surface area contributed by atoms with Gasteiger partial charge in [-0.2, -0.15) is 0 Å². The van der Waals surface area contributed by atoms with E-state index in [2.05, 4.69) is 0 Å². The van der Waals surface area contributed by atoms with Crippen LogP contribution in [0.15, 0.2) is 24.3 Å². The Bertz CT molecular complexity index is 572. The van der Waals surface area contributed by atoms with E-state index >= 15 is 0 Å². The van der Waals surface area contributed by atoms with Gasteiger partial charge in [-0.15, -0.1) is 0 Å². The molecule has 1 heterocycles. The van der Waals surface area contributed by atoms with Gasteiger partial charge in [0.2, 0.25) is 0 Å². The molecule has 1 N–H and O–H groups in total. The lowest BCUT2D eigenvalue weighted by molar-refractivity contribution is -0.0269. The number of amides is 1. The van der Waals surface area contributed by atoms with Crippen molar-refractivity contribution in [3.8, 4) is 5.75 Å². The molecule has 3 rings (SSSR count). The average Bonchev–Trinajstić information content (AvgIpc) is 2.47. The third-order valence-electron chi connectivity index (χ3n) is 5.38. The maximum Gasteiger partial charge on any atom is 0.410 e. The Morgan fingerprint density at radius 1 is 1.21 bits per heavy atom. The first-order chi connectivity index (χ1) is 11.2. The number of piperidine rings is 1. The Morgan fingerprint density at radius 2 is 1.79 bits per heavy atom. The molecular weight excluding hydrogens is 302 g/mol. The Hall–Kier alpha value is -1.71. The average molecular weight is 331 g/mol. The minimum atomic E-state index is -0.419. The van der Waals surface area contributed by atoms with Gasteiger partial charge in [0.15, 0.2) is 0 Å². The largest absolute Gasteiger partial charge is 0.508 e. The molecule has 1 aliphatic heterocycles. The summed E-state index contributed by atoms with van der Waals surface area (Å²) in [6.45, 7) is 7.38. The summed E-state index contributed by atoms with van der Waals surface area (Å²) in [6.07, 6.45) is 5.64. The Labute approximate surface area is 144 Å². The van der Waals surface area contributed by atoms with Crippen LogP contribution in [0.2, 0.25) is 0 Å². The SMILES string of the molecule is CC(C)(C)OC(=O)N1CCC2(CC1)CC(Cc1ccc(O)cc1)C2. The molecule has 1 amide bonds. The van der Waals surface area contributed by atoms with Gasteiger partial charge < -0.3 is 14.7 Å². The molecule has 0 atom stereocenters. The van der Waals surface area contributed by atoms with Gasteiger partial charge in [-0.25, -0.2) is 4.79 Å². The quantitative estimate of drug-likeness (QED) is 0.876. The molecule has 0 bridgehead atoms. The van der Waals surface area contributed by atoms with E-state index in [1.54, 1.807) is 12.1 Å². The zero-order chi connectivity index (χ0) is 17.4. The molecule has 0 radical (unpaired) electrons. The minimum absolute atomic E-state index is 0.169. The van der Waals surface area contributed by atoms with Crippen LogP contribution in [0.3, 0.4) is 0 Å². The van der Waals surface area contributed by atoms with E-state index in [9.17, 15) is 9.90 Å². The van der Waals surface area contributed by atoms with Crippen LogP contribution in [0, 0.1) is 11.3 Å². The summed E-state index contributed by atoms with van der Waals surface area (Å²) >= 11 is 0. The van der Waals surface area contributed by atoms with Crippen molar-refractivity contribution < 1.29 is 14.6 Å². The number of hydrogen-bond acceptors (Lipinski definition) is 3. The number of carbonyl (C=O) groups is 1. The molecule has 2 aliphatic rings. The first kappa shape index (κ1) is 17.1. The molecule has 2 fully saturated rings. The number of phenols is 1. The van der Waals surface area contributed by atoms with E-state index in [-0.39, 0.29) is 6.09 Å². The van der Waals surface area contributed by atoms with Crippen molar-refractivity contribution in [3.05, 3.63) is 29.8 Å². The monoisotopic (exact) mass is 331 g/mol. The Kier molecular flexibility index (Phi) is 4.50. The van der Waals surface area contributed by atoms with Crippen molar-refractivity contribution >= 4 is 6.09 Å². The van der Waals surface area contributed by atoms with Crippen LogP contribution in [-0.4, -0.2) is 34.8 Å². The molecule has 132 valence electrons. The van der Waals surface area contributed by atoms with Crippen molar-refractivity contribution in [2.45, 2.75) is 58.5 Å². The number of hydrogen-bond donors (Lipinski definition) is 1. The van der Waals surface area contributed by atoms with E-state index in [0.29, 0.717) is 11.2 Å². The number of likely N-dealkylation sites (tertiary alicyclic amines) is 1. The number of phenolic OH excluding ortho intramolecular Hbond substituents is 1. The fraction of sp³-hybridized carbons (Fsp3) is 0.650. The van der Waals surface area contributed by atoms with Gasteiger partial charge in [-0.05, 0) is 81.9 Å². The standard InChI is InChI=1S/C20H29NO3/c1-19(2,3)24-18(23)21-10-8-20(9-11-21)13-16(14-20)12-15-4-6-17(22)7-5-15/h4-7,16,22H,8-14H2,1-3H3. The van der Waals surface area contributed by atoms with Gasteiger partial charge in [0.25, 0.3) is 0 Å². The number of benzene rings is 1. The molecule has 0 aromatic heterocycles. The molecule has 1 saturated carbocycles. The number of aromatic hydroxyl groups is 1. The van der Waals surface area contributed by atoms with Crippen LogP contribution < -0.4 is 0 Å². The Balaban J connectivity index is 1.45. The maximum absolute atomic E-state index is 12.1. The van der Waals surface area contributed by atoms with Crippen LogP contribution in [0.25, 0.3) is 0 Å². The summed E-state index contributed by atoms with van der Waals surface area (Å²) in [4.78, 5) is 14.0. The van der Waals surface area contributed by atoms with Gasteiger partial charge in [0.05, 0.1) is 0 Å². The lowest BCUT2D eigenvalue weighted by atomic mass is 9.56. The third kappa shape index (κ3) is 4.03. The number of ether oxygens (including phenoxy) is 1. The van der Waals surface area contributed by atoms with Crippen LogP contribution in [0.4, 0.5) is 4.79 Å². The topological polar surface area (TPSA) is 49.8 Å². The van der Waals surface area contributed by atoms with E-state index in [0.717, 1.165) is 38.3 Å². The molecule has 1 aliphatic carbocycles. The van der Waals surface area contributed by atoms with Crippen molar-refractivity contribution in [2.24, 2.45) is 11.3 Å². The number of carbonyl (C=O) groups excluding carboxylic acids is 1. The first-order valence-corrected chi connectivity index (χ1v) is 9.01. The van der Waals surface area contributed by atoms with Gasteiger partial charge in [-0.3, -0.25) is 0 Å². The van der Waals surface area contributed by atoms with Crippen LogP contribution in [0.5, 0.6) is 5.75 Å². The normalized spacial score (nSPS) is 20.7.